The Morgan fingerprint density at radius 2 is 2.14 bits per heavy atom. The fraction of sp³-hybridized carbons (Fsp3) is 0.615. The van der Waals surface area contributed by atoms with Crippen molar-refractivity contribution in [3.8, 4) is 0 Å². The van der Waals surface area contributed by atoms with Crippen LogP contribution in [0, 0.1) is 5.92 Å². The van der Waals surface area contributed by atoms with E-state index in [0.29, 0.717) is 6.54 Å². The minimum absolute atomic E-state index is 0.0954. The molecule has 0 aromatic carbocycles. The third-order valence-electron chi connectivity index (χ3n) is 3.74. The van der Waals surface area contributed by atoms with Gasteiger partial charge in [0.15, 0.2) is 5.69 Å². The van der Waals surface area contributed by atoms with Gasteiger partial charge in [-0.05, 0) is 12.3 Å². The van der Waals surface area contributed by atoms with E-state index in [9.17, 15) is 18.0 Å². The second-order valence-corrected chi connectivity index (χ2v) is 5.41. The number of likely N-dealkylation sites (tertiary alicyclic amines) is 1. The quantitative estimate of drug-likeness (QED) is 0.875. The number of anilines is 1. The van der Waals surface area contributed by atoms with Crippen molar-refractivity contribution in [3.63, 3.8) is 0 Å². The summed E-state index contributed by atoms with van der Waals surface area (Å²) in [5.41, 5.74) is 9.25. The van der Waals surface area contributed by atoms with Crippen LogP contribution in [0.15, 0.2) is 6.20 Å². The van der Waals surface area contributed by atoms with Crippen LogP contribution in [0.5, 0.6) is 0 Å². The van der Waals surface area contributed by atoms with Gasteiger partial charge in [-0.15, -0.1) is 0 Å². The summed E-state index contributed by atoms with van der Waals surface area (Å²) in [7, 11) is 0. The molecule has 1 amide bonds. The Morgan fingerprint density at radius 1 is 1.45 bits per heavy atom. The minimum atomic E-state index is -4.77. The first-order chi connectivity index (χ1) is 10.2. The van der Waals surface area contributed by atoms with Crippen LogP contribution in [0.4, 0.5) is 19.1 Å². The van der Waals surface area contributed by atoms with E-state index in [2.05, 4.69) is 9.97 Å². The van der Waals surface area contributed by atoms with Crippen molar-refractivity contribution in [2.75, 3.05) is 18.8 Å². The van der Waals surface area contributed by atoms with Gasteiger partial charge in [0, 0.05) is 25.3 Å². The fourth-order valence-electron chi connectivity index (χ4n) is 2.68. The highest BCUT2D eigenvalue weighted by Crippen LogP contribution is 2.32. The number of alkyl halides is 3. The number of nitrogen functional groups attached to an aromatic ring is 1. The lowest BCUT2D eigenvalue weighted by molar-refractivity contribution is -0.141. The number of carbonyl (C=O) groups is 1. The third kappa shape index (κ3) is 3.29. The second-order valence-electron chi connectivity index (χ2n) is 5.41. The normalized spacial score (nSPS) is 22.1. The molecule has 1 fully saturated rings. The molecule has 0 bridgehead atoms. The highest BCUT2D eigenvalue weighted by Gasteiger charge is 2.41. The van der Waals surface area contributed by atoms with Gasteiger partial charge in [0.2, 0.25) is 5.95 Å². The van der Waals surface area contributed by atoms with E-state index in [1.807, 2.05) is 6.92 Å². The molecule has 0 aliphatic carbocycles. The van der Waals surface area contributed by atoms with Crippen LogP contribution in [0.25, 0.3) is 0 Å². The zero-order valence-electron chi connectivity index (χ0n) is 12.1. The van der Waals surface area contributed by atoms with E-state index in [-0.39, 0.29) is 18.5 Å². The van der Waals surface area contributed by atoms with Crippen LogP contribution >= 0.6 is 0 Å². The monoisotopic (exact) mass is 317 g/mol. The SMILES string of the molecule is CCC[C@H]1CN(C(=O)c2cnc(N)nc2C(F)(F)F)C[C@@H]1N. The molecule has 1 saturated heterocycles. The molecule has 9 heteroatoms. The van der Waals surface area contributed by atoms with E-state index in [1.165, 1.54) is 4.90 Å². The van der Waals surface area contributed by atoms with E-state index in [1.54, 1.807) is 0 Å². The summed E-state index contributed by atoms with van der Waals surface area (Å²) >= 11 is 0. The number of amides is 1. The summed E-state index contributed by atoms with van der Waals surface area (Å²) < 4.78 is 39.0. The van der Waals surface area contributed by atoms with E-state index in [0.717, 1.165) is 19.0 Å². The minimum Gasteiger partial charge on any atom is -0.368 e. The Kier molecular flexibility index (Phi) is 4.55. The van der Waals surface area contributed by atoms with Gasteiger partial charge in [0.1, 0.15) is 0 Å². The van der Waals surface area contributed by atoms with Crippen LogP contribution in [0.3, 0.4) is 0 Å². The number of hydrogen-bond donors (Lipinski definition) is 2. The number of rotatable bonds is 3. The molecule has 1 aliphatic heterocycles. The lowest BCUT2D eigenvalue weighted by Crippen LogP contribution is -2.34. The Morgan fingerprint density at radius 3 is 2.73 bits per heavy atom. The van der Waals surface area contributed by atoms with Crippen molar-refractivity contribution >= 4 is 11.9 Å². The Labute approximate surface area is 125 Å². The van der Waals surface area contributed by atoms with Gasteiger partial charge in [0.05, 0.1) is 5.56 Å². The maximum atomic E-state index is 13.0. The Balaban J connectivity index is 2.27. The van der Waals surface area contributed by atoms with Crippen LogP contribution in [-0.4, -0.2) is 39.9 Å². The maximum absolute atomic E-state index is 13.0. The van der Waals surface area contributed by atoms with Gasteiger partial charge in [-0.25, -0.2) is 9.97 Å². The summed E-state index contributed by atoms with van der Waals surface area (Å²) in [6.45, 7) is 2.56. The van der Waals surface area contributed by atoms with Gasteiger partial charge < -0.3 is 16.4 Å². The molecule has 1 aromatic heterocycles. The van der Waals surface area contributed by atoms with Crippen LogP contribution in [-0.2, 0) is 6.18 Å². The van der Waals surface area contributed by atoms with Crippen LogP contribution in [0.1, 0.15) is 35.8 Å². The highest BCUT2D eigenvalue weighted by molar-refractivity contribution is 5.95. The van der Waals surface area contributed by atoms with Crippen molar-refractivity contribution in [2.24, 2.45) is 11.7 Å². The number of halogens is 3. The number of nitrogens with zero attached hydrogens (tertiary/aromatic N) is 3. The maximum Gasteiger partial charge on any atom is 0.434 e. The first-order valence-corrected chi connectivity index (χ1v) is 6.98. The number of hydrogen-bond acceptors (Lipinski definition) is 5. The first-order valence-electron chi connectivity index (χ1n) is 6.98. The molecule has 2 atom stereocenters. The summed E-state index contributed by atoms with van der Waals surface area (Å²) in [6.07, 6.45) is -2.21. The predicted molar refractivity (Wildman–Crippen MR) is 73.7 cm³/mol. The van der Waals surface area contributed by atoms with E-state index < -0.39 is 29.3 Å². The smallest absolute Gasteiger partial charge is 0.368 e. The summed E-state index contributed by atoms with van der Waals surface area (Å²) in [5, 5.41) is 0. The fourth-order valence-corrected chi connectivity index (χ4v) is 2.68. The zero-order valence-corrected chi connectivity index (χ0v) is 12.1. The first kappa shape index (κ1) is 16.5. The van der Waals surface area contributed by atoms with Crippen LogP contribution < -0.4 is 11.5 Å². The molecule has 22 heavy (non-hydrogen) atoms. The van der Waals surface area contributed by atoms with Crippen LogP contribution in [0.2, 0.25) is 0 Å². The molecule has 6 nitrogen and oxygen atoms in total. The zero-order chi connectivity index (χ0) is 16.5. The van der Waals surface area contributed by atoms with Gasteiger partial charge in [-0.3, -0.25) is 4.79 Å². The molecule has 0 radical (unpaired) electrons. The van der Waals surface area contributed by atoms with Gasteiger partial charge in [0.25, 0.3) is 5.91 Å². The number of aromatic nitrogens is 2. The van der Waals surface area contributed by atoms with Gasteiger partial charge >= 0.3 is 6.18 Å². The van der Waals surface area contributed by atoms with E-state index >= 15 is 0 Å². The molecular formula is C13H18F3N5O. The largest absolute Gasteiger partial charge is 0.434 e. The van der Waals surface area contributed by atoms with Gasteiger partial charge in [-0.2, -0.15) is 13.2 Å². The number of carbonyl (C=O) groups excluding carboxylic acids is 1. The van der Waals surface area contributed by atoms with Crippen molar-refractivity contribution in [2.45, 2.75) is 32.0 Å². The van der Waals surface area contributed by atoms with Crippen molar-refractivity contribution in [1.82, 2.24) is 14.9 Å². The Hall–Kier alpha value is -1.90. The second kappa shape index (κ2) is 6.07. The summed E-state index contributed by atoms with van der Waals surface area (Å²) in [4.78, 5) is 20.4. The standard InChI is InChI=1S/C13H18F3N5O/c1-2-3-7-5-21(6-9(7)17)11(22)8-4-19-12(18)20-10(8)13(14,15)16/h4,7,9H,2-3,5-6,17H2,1H3,(H2,18,19,20)/t7-,9-/m0/s1. The summed E-state index contributed by atoms with van der Waals surface area (Å²) in [5.74, 6) is -1.19. The summed E-state index contributed by atoms with van der Waals surface area (Å²) in [6, 6.07) is -0.229. The van der Waals surface area contributed by atoms with Crippen molar-refractivity contribution in [1.29, 1.82) is 0 Å². The predicted octanol–water partition coefficient (Wildman–Crippen LogP) is 1.28. The molecule has 1 aliphatic rings. The molecule has 4 N–H and O–H groups in total. The van der Waals surface area contributed by atoms with E-state index in [4.69, 9.17) is 11.5 Å². The molecule has 122 valence electrons. The number of nitrogens with two attached hydrogens (primary N) is 2. The third-order valence-corrected chi connectivity index (χ3v) is 3.74. The van der Waals surface area contributed by atoms with Crippen molar-refractivity contribution in [3.05, 3.63) is 17.5 Å². The molecule has 1 aromatic rings. The average Bonchev–Trinajstić information content (AvgIpc) is 2.79. The molecule has 2 rings (SSSR count). The lowest BCUT2D eigenvalue weighted by Gasteiger charge is -2.18. The molecular weight excluding hydrogens is 299 g/mol. The average molecular weight is 317 g/mol. The molecule has 2 heterocycles. The molecule has 0 spiro atoms. The Bertz CT molecular complexity index is 563. The molecule has 0 unspecified atom stereocenters. The lowest BCUT2D eigenvalue weighted by atomic mass is 9.99. The van der Waals surface area contributed by atoms with Crippen molar-refractivity contribution < 1.29 is 18.0 Å². The molecule has 0 saturated carbocycles. The topological polar surface area (TPSA) is 98.1 Å². The highest BCUT2D eigenvalue weighted by atomic mass is 19.4. The van der Waals surface area contributed by atoms with Gasteiger partial charge in [-0.1, -0.05) is 13.3 Å².